The molecule has 0 radical (unpaired) electrons. The molecule has 4 nitrogen and oxygen atoms in total. The summed E-state index contributed by atoms with van der Waals surface area (Å²) in [5, 5.41) is 11.1. The number of benzene rings is 1. The Balaban J connectivity index is 1.79. The molecule has 3 rings (SSSR count). The predicted molar refractivity (Wildman–Crippen MR) is 103 cm³/mol. The second kappa shape index (κ2) is 8.26. The van der Waals surface area contributed by atoms with Gasteiger partial charge in [-0.05, 0) is 23.4 Å². The first-order valence-corrected chi connectivity index (χ1v) is 9.70. The Morgan fingerprint density at radius 1 is 1.21 bits per heavy atom. The van der Waals surface area contributed by atoms with Crippen LogP contribution in [0.15, 0.2) is 58.0 Å². The molecular weight excluding hydrogens is 338 g/mol. The second-order valence-corrected chi connectivity index (χ2v) is 7.60. The first kappa shape index (κ1) is 16.9. The van der Waals surface area contributed by atoms with E-state index in [2.05, 4.69) is 17.1 Å². The van der Waals surface area contributed by atoms with Crippen molar-refractivity contribution in [2.45, 2.75) is 31.6 Å². The van der Waals surface area contributed by atoms with E-state index in [0.29, 0.717) is 11.7 Å². The number of amides is 1. The number of thioether (sulfide) groups is 1. The highest BCUT2D eigenvalue weighted by molar-refractivity contribution is 8.15. The Morgan fingerprint density at radius 2 is 2.04 bits per heavy atom. The van der Waals surface area contributed by atoms with E-state index in [1.165, 1.54) is 11.8 Å². The van der Waals surface area contributed by atoms with Gasteiger partial charge in [-0.25, -0.2) is 0 Å². The molecule has 0 N–H and O–H groups in total. The summed E-state index contributed by atoms with van der Waals surface area (Å²) in [5.41, 5.74) is 1.10. The molecule has 1 fully saturated rings. The first-order valence-electron chi connectivity index (χ1n) is 7.94. The van der Waals surface area contributed by atoms with E-state index in [9.17, 15) is 4.79 Å². The molecule has 1 aliphatic rings. The first-order chi connectivity index (χ1) is 11.8. The van der Waals surface area contributed by atoms with Crippen LogP contribution in [0, 0.1) is 0 Å². The fourth-order valence-electron chi connectivity index (χ4n) is 2.44. The van der Waals surface area contributed by atoms with Gasteiger partial charge in [0.1, 0.15) is 0 Å². The topological polar surface area (TPSA) is 45.0 Å². The smallest absolute Gasteiger partial charge is 0.242 e. The van der Waals surface area contributed by atoms with Gasteiger partial charge in [-0.3, -0.25) is 9.69 Å². The minimum Gasteiger partial charge on any atom is -0.284 e. The highest BCUT2D eigenvalue weighted by Gasteiger charge is 2.37. The molecule has 0 bridgehead atoms. The van der Waals surface area contributed by atoms with Crippen LogP contribution in [-0.4, -0.2) is 27.4 Å². The third kappa shape index (κ3) is 4.13. The molecule has 2 aromatic rings. The van der Waals surface area contributed by atoms with Crippen LogP contribution in [0.4, 0.5) is 0 Å². The van der Waals surface area contributed by atoms with Crippen molar-refractivity contribution in [2.24, 2.45) is 10.2 Å². The van der Waals surface area contributed by atoms with Crippen molar-refractivity contribution in [1.29, 1.82) is 0 Å². The highest BCUT2D eigenvalue weighted by atomic mass is 32.2. The van der Waals surface area contributed by atoms with Gasteiger partial charge < -0.3 is 0 Å². The van der Waals surface area contributed by atoms with Gasteiger partial charge in [0.25, 0.3) is 0 Å². The zero-order valence-electron chi connectivity index (χ0n) is 13.5. The average molecular weight is 358 g/mol. The number of nitrogens with zero attached hydrogens (tertiary/aromatic N) is 3. The van der Waals surface area contributed by atoms with Crippen LogP contribution < -0.4 is 0 Å². The molecule has 6 heteroatoms. The monoisotopic (exact) mass is 357 g/mol. The Morgan fingerprint density at radius 3 is 2.75 bits per heavy atom. The van der Waals surface area contributed by atoms with E-state index < -0.39 is 0 Å². The largest absolute Gasteiger partial charge is 0.284 e. The van der Waals surface area contributed by atoms with E-state index in [0.717, 1.165) is 23.3 Å². The molecule has 1 saturated heterocycles. The molecule has 0 saturated carbocycles. The summed E-state index contributed by atoms with van der Waals surface area (Å²) in [5.74, 6) is 0.135. The van der Waals surface area contributed by atoms with Crippen LogP contribution >= 0.6 is 23.1 Å². The lowest BCUT2D eigenvalue weighted by Crippen LogP contribution is -2.31. The lowest BCUT2D eigenvalue weighted by Gasteiger charge is -2.15. The van der Waals surface area contributed by atoms with Crippen LogP contribution in [0.2, 0.25) is 0 Å². The zero-order chi connectivity index (χ0) is 16.8. The van der Waals surface area contributed by atoms with Crippen LogP contribution in [0.25, 0.3) is 0 Å². The molecule has 1 aromatic heterocycles. The quantitative estimate of drug-likeness (QED) is 0.569. The number of rotatable bonds is 6. The summed E-state index contributed by atoms with van der Waals surface area (Å²) >= 11 is 3.14. The fraction of sp³-hybridized carbons (Fsp3) is 0.278. The van der Waals surface area contributed by atoms with Crippen molar-refractivity contribution in [3.05, 3.63) is 58.3 Å². The summed E-state index contributed by atoms with van der Waals surface area (Å²) < 4.78 is 0. The van der Waals surface area contributed by atoms with Crippen LogP contribution in [0.1, 0.15) is 30.2 Å². The van der Waals surface area contributed by atoms with Gasteiger partial charge in [0.15, 0.2) is 5.17 Å². The van der Waals surface area contributed by atoms with Gasteiger partial charge in [-0.1, -0.05) is 61.5 Å². The van der Waals surface area contributed by atoms with Gasteiger partial charge in [0.05, 0.1) is 18.0 Å². The van der Waals surface area contributed by atoms with Gasteiger partial charge in [0.2, 0.25) is 5.91 Å². The molecule has 0 aliphatic carbocycles. The Bertz CT molecular complexity index is 726. The van der Waals surface area contributed by atoms with Crippen molar-refractivity contribution >= 4 is 40.4 Å². The minimum atomic E-state index is -0.0469. The van der Waals surface area contributed by atoms with E-state index >= 15 is 0 Å². The van der Waals surface area contributed by atoms with E-state index in [-0.39, 0.29) is 11.2 Å². The van der Waals surface area contributed by atoms with Crippen LogP contribution in [0.5, 0.6) is 0 Å². The number of hydrogen-bond acceptors (Lipinski definition) is 5. The molecule has 1 atom stereocenters. The molecule has 2 heterocycles. The molecule has 1 amide bonds. The second-order valence-electron chi connectivity index (χ2n) is 5.45. The van der Waals surface area contributed by atoms with E-state index in [4.69, 9.17) is 0 Å². The number of carbonyl (C=O) groups is 1. The molecular formula is C18H19N3OS2. The van der Waals surface area contributed by atoms with Crippen LogP contribution in [-0.2, 0) is 11.3 Å². The maximum absolute atomic E-state index is 12.7. The summed E-state index contributed by atoms with van der Waals surface area (Å²) in [4.78, 5) is 15.5. The molecule has 0 spiro atoms. The van der Waals surface area contributed by atoms with E-state index in [1.54, 1.807) is 22.5 Å². The van der Waals surface area contributed by atoms with Crippen molar-refractivity contribution in [3.8, 4) is 0 Å². The molecule has 24 heavy (non-hydrogen) atoms. The van der Waals surface area contributed by atoms with Gasteiger partial charge in [0, 0.05) is 4.88 Å². The zero-order valence-corrected chi connectivity index (χ0v) is 15.1. The van der Waals surface area contributed by atoms with Gasteiger partial charge in [-0.15, -0.1) is 16.4 Å². The predicted octanol–water partition coefficient (Wildman–Crippen LogP) is 4.38. The number of carbonyl (C=O) groups excluding carboxylic acids is 1. The summed E-state index contributed by atoms with van der Waals surface area (Å²) in [6, 6.07) is 14.0. The third-order valence-corrected chi connectivity index (χ3v) is 5.67. The summed E-state index contributed by atoms with van der Waals surface area (Å²) in [7, 11) is 0. The van der Waals surface area contributed by atoms with E-state index in [1.807, 2.05) is 47.8 Å². The fourth-order valence-corrected chi connectivity index (χ4v) is 4.23. The molecule has 124 valence electrons. The Labute approximate surface area is 150 Å². The highest BCUT2D eigenvalue weighted by Crippen LogP contribution is 2.31. The molecule has 1 aromatic carbocycles. The Hall–Kier alpha value is -1.92. The van der Waals surface area contributed by atoms with Crippen molar-refractivity contribution in [1.82, 2.24) is 4.90 Å². The van der Waals surface area contributed by atoms with Crippen molar-refractivity contribution < 1.29 is 4.79 Å². The molecule has 0 unspecified atom stereocenters. The maximum Gasteiger partial charge on any atom is 0.242 e. The van der Waals surface area contributed by atoms with Crippen LogP contribution in [0.3, 0.4) is 0 Å². The maximum atomic E-state index is 12.7. The number of amidine groups is 1. The normalized spacial score (nSPS) is 19.7. The number of hydrogen-bond donors (Lipinski definition) is 0. The van der Waals surface area contributed by atoms with Gasteiger partial charge in [-0.2, -0.15) is 5.10 Å². The number of thiophene rings is 1. The third-order valence-electron chi connectivity index (χ3n) is 3.63. The SMILES string of the molecule is CCC[C@@H]1S/C(=N\N=C/c2cccs2)N(Cc2ccccc2)C1=O. The van der Waals surface area contributed by atoms with Crippen molar-refractivity contribution in [2.75, 3.05) is 0 Å². The van der Waals surface area contributed by atoms with Crippen molar-refractivity contribution in [3.63, 3.8) is 0 Å². The summed E-state index contributed by atoms with van der Waals surface area (Å²) in [6.45, 7) is 2.64. The standard InChI is InChI=1S/C18H19N3OS2/c1-2-7-16-17(22)21(13-14-8-4-3-5-9-14)18(24-16)20-19-12-15-10-6-11-23-15/h3-6,8-12,16H,2,7,13H2,1H3/b19-12-,20-18-/t16-/m0/s1. The molecule has 1 aliphatic heterocycles. The Kier molecular flexibility index (Phi) is 5.82. The minimum absolute atomic E-state index is 0.0469. The lowest BCUT2D eigenvalue weighted by atomic mass is 10.2. The van der Waals surface area contributed by atoms with Gasteiger partial charge >= 0.3 is 0 Å². The summed E-state index contributed by atoms with van der Waals surface area (Å²) in [6.07, 6.45) is 3.58. The average Bonchev–Trinajstić information content (AvgIpc) is 3.21. The lowest BCUT2D eigenvalue weighted by molar-refractivity contribution is -0.126.